The van der Waals surface area contributed by atoms with E-state index in [1.807, 2.05) is 78.9 Å². The first-order chi connectivity index (χ1) is 16.5. The molecule has 0 saturated carbocycles. The molecule has 0 spiro atoms. The van der Waals surface area contributed by atoms with Gasteiger partial charge in [-0.3, -0.25) is 9.69 Å². The van der Waals surface area contributed by atoms with Crippen LogP contribution in [0.15, 0.2) is 78.9 Å². The number of nitrogens with zero attached hydrogens (tertiary/aromatic N) is 1. The van der Waals surface area contributed by atoms with E-state index in [4.69, 9.17) is 14.2 Å². The summed E-state index contributed by atoms with van der Waals surface area (Å²) in [6, 6.07) is 24.6. The number of aliphatic carboxylic acids is 1. The second kappa shape index (κ2) is 10.9. The molecule has 0 saturated heterocycles. The van der Waals surface area contributed by atoms with Crippen LogP contribution in [0, 0.1) is 0 Å². The minimum atomic E-state index is -1.35. The topological polar surface area (TPSA) is 85.3 Å². The lowest BCUT2D eigenvalue weighted by molar-refractivity contribution is -0.168. The molecule has 3 aromatic rings. The summed E-state index contributed by atoms with van der Waals surface area (Å²) in [5, 5.41) is 10.1. The number of ether oxygens (including phenoxy) is 3. The quantitative estimate of drug-likeness (QED) is 0.456. The Kier molecular flexibility index (Phi) is 7.44. The number of carboxylic acid groups (broad SMARTS) is 1. The average Bonchev–Trinajstić information content (AvgIpc) is 3.30. The van der Waals surface area contributed by atoms with Crippen molar-refractivity contribution in [1.29, 1.82) is 0 Å². The van der Waals surface area contributed by atoms with Crippen molar-refractivity contribution in [2.45, 2.75) is 38.6 Å². The van der Waals surface area contributed by atoms with Crippen molar-refractivity contribution < 1.29 is 28.9 Å². The summed E-state index contributed by atoms with van der Waals surface area (Å²) >= 11 is 0. The first-order valence-electron chi connectivity index (χ1n) is 11.1. The molecule has 176 valence electrons. The summed E-state index contributed by atoms with van der Waals surface area (Å²) in [5.41, 5.74) is 2.92. The van der Waals surface area contributed by atoms with Gasteiger partial charge >= 0.3 is 11.9 Å². The molecule has 0 aliphatic carbocycles. The van der Waals surface area contributed by atoms with E-state index < -0.39 is 24.1 Å². The van der Waals surface area contributed by atoms with Gasteiger partial charge in [-0.15, -0.1) is 0 Å². The summed E-state index contributed by atoms with van der Waals surface area (Å²) in [6.07, 6.45) is -1.02. The van der Waals surface area contributed by atoms with E-state index in [-0.39, 0.29) is 6.79 Å². The van der Waals surface area contributed by atoms with E-state index in [0.717, 1.165) is 16.7 Å². The molecular formula is C27H27NO6. The molecule has 3 aromatic carbocycles. The predicted molar refractivity (Wildman–Crippen MR) is 125 cm³/mol. The maximum Gasteiger partial charge on any atom is 0.346 e. The molecule has 2 atom stereocenters. The number of fused-ring (bicyclic) bond motifs is 1. The zero-order valence-corrected chi connectivity index (χ0v) is 18.9. The Morgan fingerprint density at radius 2 is 1.47 bits per heavy atom. The first kappa shape index (κ1) is 23.3. The average molecular weight is 462 g/mol. The van der Waals surface area contributed by atoms with Gasteiger partial charge < -0.3 is 19.3 Å². The van der Waals surface area contributed by atoms with Gasteiger partial charge in [0.05, 0.1) is 6.04 Å². The van der Waals surface area contributed by atoms with Crippen LogP contribution >= 0.6 is 0 Å². The molecule has 0 fully saturated rings. The van der Waals surface area contributed by atoms with E-state index in [1.165, 1.54) is 6.92 Å². The Hall–Kier alpha value is -3.84. The smallest absolute Gasteiger partial charge is 0.346 e. The Labute approximate surface area is 198 Å². The van der Waals surface area contributed by atoms with Crippen LogP contribution in [-0.2, 0) is 33.8 Å². The van der Waals surface area contributed by atoms with E-state index in [0.29, 0.717) is 31.0 Å². The van der Waals surface area contributed by atoms with Crippen molar-refractivity contribution in [2.24, 2.45) is 0 Å². The van der Waals surface area contributed by atoms with Crippen LogP contribution in [0.5, 0.6) is 11.5 Å². The molecule has 34 heavy (non-hydrogen) atoms. The van der Waals surface area contributed by atoms with Crippen molar-refractivity contribution in [2.75, 3.05) is 6.79 Å². The fourth-order valence-corrected chi connectivity index (χ4v) is 4.14. The van der Waals surface area contributed by atoms with Gasteiger partial charge in [-0.2, -0.15) is 0 Å². The van der Waals surface area contributed by atoms with E-state index >= 15 is 0 Å². The van der Waals surface area contributed by atoms with Crippen LogP contribution in [0.2, 0.25) is 0 Å². The highest BCUT2D eigenvalue weighted by atomic mass is 16.7. The minimum absolute atomic E-state index is 0.154. The molecule has 0 amide bonds. The molecule has 7 heteroatoms. The predicted octanol–water partition coefficient (Wildman–Crippen LogP) is 4.05. The van der Waals surface area contributed by atoms with Crippen molar-refractivity contribution in [3.63, 3.8) is 0 Å². The van der Waals surface area contributed by atoms with Gasteiger partial charge in [-0.1, -0.05) is 66.7 Å². The van der Waals surface area contributed by atoms with E-state index in [9.17, 15) is 14.7 Å². The number of rotatable bonds is 10. The van der Waals surface area contributed by atoms with Crippen molar-refractivity contribution >= 4 is 11.9 Å². The Balaban J connectivity index is 1.72. The lowest BCUT2D eigenvalue weighted by atomic mass is 9.97. The monoisotopic (exact) mass is 461 g/mol. The molecule has 2 unspecified atom stereocenters. The highest BCUT2D eigenvalue weighted by Crippen LogP contribution is 2.33. The second-order valence-electron chi connectivity index (χ2n) is 8.20. The van der Waals surface area contributed by atoms with E-state index in [1.54, 1.807) is 0 Å². The van der Waals surface area contributed by atoms with Gasteiger partial charge in [0.15, 0.2) is 11.5 Å². The van der Waals surface area contributed by atoms with Crippen molar-refractivity contribution in [3.8, 4) is 11.5 Å². The van der Waals surface area contributed by atoms with Crippen LogP contribution in [-0.4, -0.2) is 40.9 Å². The van der Waals surface area contributed by atoms with Gasteiger partial charge in [0.25, 0.3) is 0 Å². The molecule has 4 rings (SSSR count). The molecule has 1 aliphatic heterocycles. The molecule has 0 bridgehead atoms. The molecule has 1 heterocycles. The Morgan fingerprint density at radius 1 is 0.882 bits per heavy atom. The summed E-state index contributed by atoms with van der Waals surface area (Å²) < 4.78 is 16.3. The summed E-state index contributed by atoms with van der Waals surface area (Å²) in [5.74, 6) is -0.552. The molecule has 0 aromatic heterocycles. The first-order valence-corrected chi connectivity index (χ1v) is 11.1. The molecule has 1 N–H and O–H groups in total. The van der Waals surface area contributed by atoms with Crippen LogP contribution < -0.4 is 9.47 Å². The number of carbonyl (C=O) groups is 2. The highest BCUT2D eigenvalue weighted by molar-refractivity contribution is 5.77. The highest BCUT2D eigenvalue weighted by Gasteiger charge is 2.36. The number of carbonyl (C=O) groups excluding carboxylic acids is 1. The number of carboxylic acids is 1. The van der Waals surface area contributed by atoms with Crippen LogP contribution in [0.25, 0.3) is 0 Å². The molecule has 1 aliphatic rings. The zero-order valence-electron chi connectivity index (χ0n) is 18.9. The van der Waals surface area contributed by atoms with Crippen molar-refractivity contribution in [3.05, 3.63) is 95.6 Å². The molecular weight excluding hydrogens is 434 g/mol. The molecule has 0 radical (unpaired) electrons. The van der Waals surface area contributed by atoms with Crippen LogP contribution in [0.1, 0.15) is 23.6 Å². The number of hydrogen-bond donors (Lipinski definition) is 1. The van der Waals surface area contributed by atoms with Gasteiger partial charge in [0.1, 0.15) is 0 Å². The third-order valence-electron chi connectivity index (χ3n) is 5.69. The number of esters is 1. The third-order valence-corrected chi connectivity index (χ3v) is 5.69. The Morgan fingerprint density at radius 3 is 2.03 bits per heavy atom. The summed E-state index contributed by atoms with van der Waals surface area (Å²) in [4.78, 5) is 26.2. The standard InChI is InChI=1S/C27H27NO6/c1-19(29)34-26(27(30)31)23(14-22-12-13-24-25(15-22)33-18-32-24)28(16-20-8-4-2-5-9-20)17-21-10-6-3-7-11-21/h2-13,15,23,26H,14,16-18H2,1H3,(H,30,31). The minimum Gasteiger partial charge on any atom is -0.478 e. The second-order valence-corrected chi connectivity index (χ2v) is 8.20. The van der Waals surface area contributed by atoms with Gasteiger partial charge in [0, 0.05) is 20.0 Å². The summed E-state index contributed by atoms with van der Waals surface area (Å²) in [6.45, 7) is 2.35. The SMILES string of the molecule is CC(=O)OC(C(=O)O)C(Cc1ccc2c(c1)OCO2)N(Cc1ccccc1)Cc1ccccc1. The third kappa shape index (κ3) is 5.94. The van der Waals surface area contributed by atoms with Crippen LogP contribution in [0.3, 0.4) is 0 Å². The van der Waals surface area contributed by atoms with Crippen molar-refractivity contribution in [1.82, 2.24) is 4.90 Å². The van der Waals surface area contributed by atoms with Crippen LogP contribution in [0.4, 0.5) is 0 Å². The fraction of sp³-hybridized carbons (Fsp3) is 0.259. The maximum atomic E-state index is 12.3. The van der Waals surface area contributed by atoms with E-state index in [2.05, 4.69) is 4.90 Å². The normalized spacial score (nSPS) is 13.9. The largest absolute Gasteiger partial charge is 0.478 e. The lowest BCUT2D eigenvalue weighted by Crippen LogP contribution is -2.49. The van der Waals surface area contributed by atoms with Gasteiger partial charge in [-0.25, -0.2) is 4.79 Å². The van der Waals surface area contributed by atoms with Gasteiger partial charge in [0.2, 0.25) is 12.9 Å². The fourth-order valence-electron chi connectivity index (χ4n) is 4.14. The molecule has 7 nitrogen and oxygen atoms in total. The summed E-state index contributed by atoms with van der Waals surface area (Å²) in [7, 11) is 0. The number of hydrogen-bond acceptors (Lipinski definition) is 6. The Bertz CT molecular complexity index is 1080. The maximum absolute atomic E-state index is 12.3. The van der Waals surface area contributed by atoms with Gasteiger partial charge in [-0.05, 0) is 35.2 Å². The number of benzene rings is 3. The lowest BCUT2D eigenvalue weighted by Gasteiger charge is -2.35. The zero-order chi connectivity index (χ0) is 23.9.